The summed E-state index contributed by atoms with van der Waals surface area (Å²) in [5, 5.41) is 3.42. The second kappa shape index (κ2) is 8.99. The highest BCUT2D eigenvalue weighted by Gasteiger charge is 2.21. The van der Waals surface area contributed by atoms with Crippen LogP contribution in [0.2, 0.25) is 0 Å². The van der Waals surface area contributed by atoms with E-state index in [0.717, 1.165) is 51.4 Å². The van der Waals surface area contributed by atoms with Crippen LogP contribution in [0.5, 0.6) is 0 Å². The first kappa shape index (κ1) is 17.9. The van der Waals surface area contributed by atoms with Crippen molar-refractivity contribution in [2.24, 2.45) is 0 Å². The van der Waals surface area contributed by atoms with E-state index in [1.54, 1.807) is 11.8 Å². The maximum Gasteiger partial charge on any atom is 0.272 e. The monoisotopic (exact) mass is 342 g/mol. The predicted molar refractivity (Wildman–Crippen MR) is 102 cm³/mol. The Kier molecular flexibility index (Phi) is 6.45. The van der Waals surface area contributed by atoms with E-state index >= 15 is 0 Å². The first-order chi connectivity index (χ1) is 12.3. The molecule has 1 aromatic heterocycles. The van der Waals surface area contributed by atoms with Gasteiger partial charge in [-0.25, -0.2) is 4.98 Å². The lowest BCUT2D eigenvalue weighted by Crippen LogP contribution is -2.48. The minimum absolute atomic E-state index is 0.0506. The van der Waals surface area contributed by atoms with Crippen molar-refractivity contribution >= 4 is 11.6 Å². The van der Waals surface area contributed by atoms with Crippen LogP contribution in [0, 0.1) is 0 Å². The van der Waals surface area contributed by atoms with E-state index in [-0.39, 0.29) is 5.91 Å². The average molecular weight is 342 g/mol. The summed E-state index contributed by atoms with van der Waals surface area (Å²) in [4.78, 5) is 21.2. The van der Waals surface area contributed by atoms with Gasteiger partial charge in [0, 0.05) is 32.7 Å². The molecule has 0 radical (unpaired) electrons. The molecule has 1 fully saturated rings. The second-order valence-electron chi connectivity index (χ2n) is 6.94. The van der Waals surface area contributed by atoms with E-state index in [1.165, 1.54) is 25.7 Å². The number of piperazine rings is 1. The molecule has 1 aliphatic carbocycles. The molecule has 5 heteroatoms. The van der Waals surface area contributed by atoms with Gasteiger partial charge < -0.3 is 15.1 Å². The molecular weight excluding hydrogens is 312 g/mol. The highest BCUT2D eigenvalue weighted by Crippen LogP contribution is 2.20. The number of aromatic nitrogens is 1. The lowest BCUT2D eigenvalue weighted by molar-refractivity contribution is 0.0637. The van der Waals surface area contributed by atoms with Gasteiger partial charge in [-0.2, -0.15) is 0 Å². The minimum atomic E-state index is 0.0506. The molecule has 136 valence electrons. The van der Waals surface area contributed by atoms with Crippen LogP contribution in [0.3, 0.4) is 0 Å². The number of nitrogens with zero attached hydrogens (tertiary/aromatic N) is 3. The third kappa shape index (κ3) is 5.05. The fourth-order valence-electron chi connectivity index (χ4n) is 3.55. The molecule has 1 N–H and O–H groups in total. The molecule has 0 spiro atoms. The number of carbonyl (C=O) groups is 1. The normalized spacial score (nSPS) is 18.8. The standard InChI is InChI=1S/C20H30N4O/c1-2-23-12-14-24(15-13-23)20(25)19-9-8-18(16-22-19)21-11-10-17-6-4-3-5-7-17/h6,8-9,16,21H,2-5,7,10-15H2,1H3. The summed E-state index contributed by atoms with van der Waals surface area (Å²) >= 11 is 0. The molecular formula is C20H30N4O. The molecule has 1 amide bonds. The van der Waals surface area contributed by atoms with E-state index in [4.69, 9.17) is 0 Å². The van der Waals surface area contributed by atoms with Gasteiger partial charge in [0.15, 0.2) is 0 Å². The Morgan fingerprint density at radius 2 is 2.04 bits per heavy atom. The average Bonchev–Trinajstić information content (AvgIpc) is 2.69. The van der Waals surface area contributed by atoms with E-state index < -0.39 is 0 Å². The number of allylic oxidation sites excluding steroid dienone is 1. The Bertz CT molecular complexity index is 588. The summed E-state index contributed by atoms with van der Waals surface area (Å²) in [6.45, 7) is 7.65. The van der Waals surface area contributed by atoms with Gasteiger partial charge in [0.1, 0.15) is 5.69 Å². The topological polar surface area (TPSA) is 48.5 Å². The van der Waals surface area contributed by atoms with Crippen LogP contribution < -0.4 is 5.32 Å². The number of pyridine rings is 1. The third-order valence-electron chi connectivity index (χ3n) is 5.25. The van der Waals surface area contributed by atoms with Crippen molar-refractivity contribution in [3.8, 4) is 0 Å². The predicted octanol–water partition coefficient (Wildman–Crippen LogP) is 3.16. The molecule has 25 heavy (non-hydrogen) atoms. The Labute approximate surface area is 151 Å². The number of anilines is 1. The quantitative estimate of drug-likeness (QED) is 0.807. The van der Waals surface area contributed by atoms with Gasteiger partial charge in [-0.05, 0) is 50.8 Å². The molecule has 2 aliphatic rings. The molecule has 0 saturated carbocycles. The van der Waals surface area contributed by atoms with Crippen molar-refractivity contribution < 1.29 is 4.79 Å². The van der Waals surface area contributed by atoms with E-state index in [2.05, 4.69) is 28.2 Å². The molecule has 1 saturated heterocycles. The molecule has 1 aliphatic heterocycles. The Morgan fingerprint density at radius 1 is 1.20 bits per heavy atom. The number of hydrogen-bond donors (Lipinski definition) is 1. The van der Waals surface area contributed by atoms with Crippen LogP contribution in [0.1, 0.15) is 49.5 Å². The van der Waals surface area contributed by atoms with Crippen molar-refractivity contribution in [3.05, 3.63) is 35.7 Å². The van der Waals surface area contributed by atoms with Crippen LogP contribution in [0.4, 0.5) is 5.69 Å². The van der Waals surface area contributed by atoms with Crippen molar-refractivity contribution in [1.29, 1.82) is 0 Å². The number of hydrogen-bond acceptors (Lipinski definition) is 4. The lowest BCUT2D eigenvalue weighted by Gasteiger charge is -2.33. The molecule has 2 heterocycles. The van der Waals surface area contributed by atoms with E-state index in [0.29, 0.717) is 5.69 Å². The number of carbonyl (C=O) groups excluding carboxylic acids is 1. The van der Waals surface area contributed by atoms with Crippen LogP contribution in [-0.2, 0) is 0 Å². The minimum Gasteiger partial charge on any atom is -0.383 e. The van der Waals surface area contributed by atoms with Crippen LogP contribution in [0.25, 0.3) is 0 Å². The van der Waals surface area contributed by atoms with E-state index in [9.17, 15) is 4.79 Å². The fraction of sp³-hybridized carbons (Fsp3) is 0.600. The second-order valence-corrected chi connectivity index (χ2v) is 6.94. The zero-order valence-corrected chi connectivity index (χ0v) is 15.3. The van der Waals surface area contributed by atoms with Gasteiger partial charge >= 0.3 is 0 Å². The largest absolute Gasteiger partial charge is 0.383 e. The summed E-state index contributed by atoms with van der Waals surface area (Å²) in [6, 6.07) is 3.81. The van der Waals surface area contributed by atoms with Crippen molar-refractivity contribution in [2.75, 3.05) is 44.6 Å². The number of nitrogens with one attached hydrogen (secondary N) is 1. The molecule has 0 unspecified atom stereocenters. The Morgan fingerprint density at radius 3 is 2.68 bits per heavy atom. The number of amides is 1. The molecule has 3 rings (SSSR count). The Hall–Kier alpha value is -1.88. The van der Waals surface area contributed by atoms with Gasteiger partial charge in [0.2, 0.25) is 0 Å². The maximum absolute atomic E-state index is 12.5. The smallest absolute Gasteiger partial charge is 0.272 e. The highest BCUT2D eigenvalue weighted by molar-refractivity contribution is 5.92. The Balaban J connectivity index is 1.46. The first-order valence-corrected chi connectivity index (χ1v) is 9.65. The first-order valence-electron chi connectivity index (χ1n) is 9.65. The van der Waals surface area contributed by atoms with Crippen LogP contribution in [0.15, 0.2) is 30.0 Å². The van der Waals surface area contributed by atoms with Crippen molar-refractivity contribution in [3.63, 3.8) is 0 Å². The maximum atomic E-state index is 12.5. The molecule has 0 aromatic carbocycles. The molecule has 1 aromatic rings. The van der Waals surface area contributed by atoms with Crippen molar-refractivity contribution in [2.45, 2.75) is 39.0 Å². The number of likely N-dealkylation sites (N-methyl/N-ethyl adjacent to an activating group) is 1. The lowest BCUT2D eigenvalue weighted by atomic mass is 9.97. The molecule has 0 atom stereocenters. The molecule has 5 nitrogen and oxygen atoms in total. The van der Waals surface area contributed by atoms with Gasteiger partial charge in [-0.15, -0.1) is 0 Å². The molecule has 0 bridgehead atoms. The van der Waals surface area contributed by atoms with Gasteiger partial charge in [-0.1, -0.05) is 18.6 Å². The highest BCUT2D eigenvalue weighted by atomic mass is 16.2. The SMILES string of the molecule is CCN1CCN(C(=O)c2ccc(NCCC3=CCCCC3)cn2)CC1. The number of rotatable bonds is 6. The van der Waals surface area contributed by atoms with Gasteiger partial charge in [0.05, 0.1) is 11.9 Å². The summed E-state index contributed by atoms with van der Waals surface area (Å²) in [7, 11) is 0. The fourth-order valence-corrected chi connectivity index (χ4v) is 3.55. The van der Waals surface area contributed by atoms with Gasteiger partial charge in [0.25, 0.3) is 5.91 Å². The van der Waals surface area contributed by atoms with Crippen LogP contribution >= 0.6 is 0 Å². The summed E-state index contributed by atoms with van der Waals surface area (Å²) in [5.41, 5.74) is 3.11. The zero-order valence-electron chi connectivity index (χ0n) is 15.3. The van der Waals surface area contributed by atoms with Crippen molar-refractivity contribution in [1.82, 2.24) is 14.8 Å². The zero-order chi connectivity index (χ0) is 17.5. The van der Waals surface area contributed by atoms with Gasteiger partial charge in [-0.3, -0.25) is 4.79 Å². The van der Waals surface area contributed by atoms with E-state index in [1.807, 2.05) is 17.0 Å². The summed E-state index contributed by atoms with van der Waals surface area (Å²) < 4.78 is 0. The summed E-state index contributed by atoms with van der Waals surface area (Å²) in [5.74, 6) is 0.0506. The van der Waals surface area contributed by atoms with Crippen LogP contribution in [-0.4, -0.2) is 60.0 Å². The summed E-state index contributed by atoms with van der Waals surface area (Å²) in [6.07, 6.45) is 10.4. The third-order valence-corrected chi connectivity index (χ3v) is 5.25.